The van der Waals surface area contributed by atoms with Gasteiger partial charge in [0.25, 0.3) is 0 Å². The third-order valence-corrected chi connectivity index (χ3v) is 2.05. The molecule has 0 aliphatic carbocycles. The summed E-state index contributed by atoms with van der Waals surface area (Å²) < 4.78 is 4.36. The number of esters is 1. The van der Waals surface area contributed by atoms with Gasteiger partial charge in [0.1, 0.15) is 6.04 Å². The van der Waals surface area contributed by atoms with E-state index in [1.165, 1.54) is 0 Å². The Morgan fingerprint density at radius 1 is 1.21 bits per heavy atom. The molecule has 1 fully saturated rings. The molecule has 1 N–H and O–H groups in total. The molecule has 0 radical (unpaired) electrons. The molecule has 0 bridgehead atoms. The van der Waals surface area contributed by atoms with Gasteiger partial charge in [0, 0.05) is 6.42 Å². The van der Waals surface area contributed by atoms with Crippen molar-refractivity contribution in [2.24, 2.45) is 0 Å². The minimum Gasteiger partial charge on any atom is -0.375 e. The van der Waals surface area contributed by atoms with Crippen LogP contribution in [-0.4, -0.2) is 18.1 Å². The van der Waals surface area contributed by atoms with E-state index in [-0.39, 0.29) is 0 Å². The number of ether oxygens (including phenoxy) is 1. The number of amides is 1. The number of hydrogen-bond donors (Lipinski definition) is 1. The summed E-state index contributed by atoms with van der Waals surface area (Å²) in [4.78, 5) is 21.8. The smallest absolute Gasteiger partial charge is 0.375 e. The van der Waals surface area contributed by atoms with Crippen molar-refractivity contribution in [1.29, 1.82) is 0 Å². The molecule has 0 aromatic heterocycles. The molecule has 4 heteroatoms. The van der Waals surface area contributed by atoms with E-state index >= 15 is 0 Å². The second kappa shape index (κ2) is 3.49. The average Bonchev–Trinajstić information content (AvgIpc) is 2.47. The Morgan fingerprint density at radius 3 is 2.50 bits per heavy atom. The van der Waals surface area contributed by atoms with E-state index in [4.69, 9.17) is 0 Å². The first-order chi connectivity index (χ1) is 6.75. The first kappa shape index (κ1) is 8.74. The number of hydrogen-bond acceptors (Lipinski definition) is 3. The summed E-state index contributed by atoms with van der Waals surface area (Å²) in [6.07, 6.45) is -0.179. The number of benzene rings is 1. The van der Waals surface area contributed by atoms with E-state index in [2.05, 4.69) is 10.1 Å². The van der Waals surface area contributed by atoms with E-state index in [1.54, 1.807) is 0 Å². The van der Waals surface area contributed by atoms with Crippen LogP contribution in [0.4, 0.5) is 4.79 Å². The molecule has 1 aromatic rings. The Labute approximate surface area is 80.9 Å². The summed E-state index contributed by atoms with van der Waals surface area (Å²) >= 11 is 0. The van der Waals surface area contributed by atoms with Gasteiger partial charge in [0.2, 0.25) is 0 Å². The first-order valence-corrected chi connectivity index (χ1v) is 4.32. The Balaban J connectivity index is 2.05. The number of alkyl carbamates (subject to hydrolysis) is 1. The van der Waals surface area contributed by atoms with Crippen LogP contribution < -0.4 is 5.32 Å². The lowest BCUT2D eigenvalue weighted by atomic mass is 10.1. The van der Waals surface area contributed by atoms with Crippen molar-refractivity contribution in [1.82, 2.24) is 5.32 Å². The molecule has 0 saturated carbocycles. The van der Waals surface area contributed by atoms with Crippen LogP contribution in [0.15, 0.2) is 30.3 Å². The van der Waals surface area contributed by atoms with Crippen molar-refractivity contribution < 1.29 is 14.3 Å². The molecule has 4 nitrogen and oxygen atoms in total. The van der Waals surface area contributed by atoms with Gasteiger partial charge in [-0.15, -0.1) is 0 Å². The highest BCUT2D eigenvalue weighted by Crippen LogP contribution is 2.08. The van der Waals surface area contributed by atoms with Crippen LogP contribution in [0, 0.1) is 0 Å². The number of carbonyl (C=O) groups is 2. The molecule has 1 heterocycles. The molecular weight excluding hydrogens is 182 g/mol. The van der Waals surface area contributed by atoms with Gasteiger partial charge in [0.15, 0.2) is 0 Å². The molecule has 1 unspecified atom stereocenters. The third kappa shape index (κ3) is 1.74. The zero-order valence-electron chi connectivity index (χ0n) is 7.40. The molecule has 1 aromatic carbocycles. The summed E-state index contributed by atoms with van der Waals surface area (Å²) in [6.45, 7) is 0. The lowest BCUT2D eigenvalue weighted by molar-refractivity contribution is -0.135. The Morgan fingerprint density at radius 2 is 1.93 bits per heavy atom. The maximum absolute atomic E-state index is 11.1. The minimum atomic E-state index is -0.657. The molecule has 72 valence electrons. The Kier molecular flexibility index (Phi) is 2.18. The van der Waals surface area contributed by atoms with Gasteiger partial charge in [-0.2, -0.15) is 0 Å². The van der Waals surface area contributed by atoms with Crippen molar-refractivity contribution >= 4 is 12.1 Å². The van der Waals surface area contributed by atoms with Gasteiger partial charge < -0.3 is 10.1 Å². The number of nitrogens with one attached hydrogen (secondary N) is 1. The van der Waals surface area contributed by atoms with E-state index in [1.807, 2.05) is 30.3 Å². The standard InChI is InChI=1S/C10H9NO3/c12-9-8(11-10(13)14-9)6-7-4-2-1-3-5-7/h1-5,8H,6H2,(H,11,13). The molecule has 1 atom stereocenters. The van der Waals surface area contributed by atoms with Crippen LogP contribution in [0.25, 0.3) is 0 Å². The van der Waals surface area contributed by atoms with Crippen molar-refractivity contribution in [3.8, 4) is 0 Å². The van der Waals surface area contributed by atoms with Crippen LogP contribution >= 0.6 is 0 Å². The maximum atomic E-state index is 11.1. The van der Waals surface area contributed by atoms with E-state index < -0.39 is 18.1 Å². The molecule has 14 heavy (non-hydrogen) atoms. The normalized spacial score (nSPS) is 20.4. The fourth-order valence-electron chi connectivity index (χ4n) is 1.38. The molecule has 1 amide bonds. The predicted molar refractivity (Wildman–Crippen MR) is 48.6 cm³/mol. The highest BCUT2D eigenvalue weighted by molar-refractivity contribution is 5.95. The maximum Gasteiger partial charge on any atom is 0.415 e. The lowest BCUT2D eigenvalue weighted by Gasteiger charge is -2.04. The van der Waals surface area contributed by atoms with Gasteiger partial charge in [-0.05, 0) is 5.56 Å². The van der Waals surface area contributed by atoms with Crippen LogP contribution in [0.1, 0.15) is 5.56 Å². The van der Waals surface area contributed by atoms with Crippen molar-refractivity contribution in [3.05, 3.63) is 35.9 Å². The summed E-state index contributed by atoms with van der Waals surface area (Å²) in [5, 5.41) is 2.44. The molecule has 1 saturated heterocycles. The average molecular weight is 191 g/mol. The lowest BCUT2D eigenvalue weighted by Crippen LogP contribution is -2.30. The van der Waals surface area contributed by atoms with Gasteiger partial charge >= 0.3 is 12.1 Å². The first-order valence-electron chi connectivity index (χ1n) is 4.32. The predicted octanol–water partition coefficient (Wildman–Crippen LogP) is 0.864. The van der Waals surface area contributed by atoms with Gasteiger partial charge in [-0.25, -0.2) is 9.59 Å². The van der Waals surface area contributed by atoms with E-state index in [0.717, 1.165) is 5.56 Å². The SMILES string of the molecule is O=C1NC(Cc2ccccc2)C(=O)O1. The minimum absolute atomic E-state index is 0.478. The highest BCUT2D eigenvalue weighted by Gasteiger charge is 2.32. The topological polar surface area (TPSA) is 55.4 Å². The van der Waals surface area contributed by atoms with Gasteiger partial charge in [-0.1, -0.05) is 30.3 Å². The molecular formula is C10H9NO3. The Bertz CT molecular complexity index is 361. The summed E-state index contributed by atoms with van der Waals surface area (Å²) in [7, 11) is 0. The second-order valence-corrected chi connectivity index (χ2v) is 3.10. The quantitative estimate of drug-likeness (QED) is 0.557. The zero-order chi connectivity index (χ0) is 9.97. The zero-order valence-corrected chi connectivity index (χ0v) is 7.40. The van der Waals surface area contributed by atoms with Crippen molar-refractivity contribution in [2.45, 2.75) is 12.5 Å². The number of carbonyl (C=O) groups excluding carboxylic acids is 2. The fraction of sp³-hybridized carbons (Fsp3) is 0.200. The second-order valence-electron chi connectivity index (χ2n) is 3.10. The highest BCUT2D eigenvalue weighted by atomic mass is 16.6. The molecule has 1 aliphatic rings. The van der Waals surface area contributed by atoms with E-state index in [0.29, 0.717) is 6.42 Å². The van der Waals surface area contributed by atoms with E-state index in [9.17, 15) is 9.59 Å². The van der Waals surface area contributed by atoms with Gasteiger partial charge in [0.05, 0.1) is 0 Å². The molecule has 1 aliphatic heterocycles. The third-order valence-electron chi connectivity index (χ3n) is 2.05. The monoisotopic (exact) mass is 191 g/mol. The van der Waals surface area contributed by atoms with Crippen molar-refractivity contribution in [2.75, 3.05) is 0 Å². The fourth-order valence-corrected chi connectivity index (χ4v) is 1.38. The van der Waals surface area contributed by atoms with Crippen molar-refractivity contribution in [3.63, 3.8) is 0 Å². The summed E-state index contributed by atoms with van der Waals surface area (Å²) in [5.41, 5.74) is 0.997. The van der Waals surface area contributed by atoms with Crippen LogP contribution in [0.3, 0.4) is 0 Å². The Hall–Kier alpha value is -1.84. The van der Waals surface area contributed by atoms with Crippen LogP contribution in [-0.2, 0) is 16.0 Å². The van der Waals surface area contributed by atoms with Gasteiger partial charge in [-0.3, -0.25) is 0 Å². The number of rotatable bonds is 2. The molecule has 2 rings (SSSR count). The summed E-state index contributed by atoms with van der Waals surface area (Å²) in [6, 6.07) is 8.93. The summed E-state index contributed by atoms with van der Waals surface area (Å²) in [5.74, 6) is -0.501. The number of cyclic esters (lactones) is 2. The largest absolute Gasteiger partial charge is 0.415 e. The van der Waals surface area contributed by atoms with Crippen LogP contribution in [0.2, 0.25) is 0 Å². The van der Waals surface area contributed by atoms with Crippen LogP contribution in [0.5, 0.6) is 0 Å². The molecule has 0 spiro atoms.